The molecule has 0 radical (unpaired) electrons. The van der Waals surface area contributed by atoms with Gasteiger partial charge >= 0.3 is 0 Å². The van der Waals surface area contributed by atoms with Gasteiger partial charge in [0, 0.05) is 49.0 Å². The van der Waals surface area contributed by atoms with Crippen molar-refractivity contribution in [1.82, 2.24) is 9.21 Å². The molecule has 1 aliphatic rings. The van der Waals surface area contributed by atoms with E-state index in [2.05, 4.69) is 10.2 Å². The number of sulfonamides is 1. The molecule has 0 saturated carbocycles. The predicted octanol–water partition coefficient (Wildman–Crippen LogP) is 2.98. The molecule has 1 heterocycles. The van der Waals surface area contributed by atoms with Crippen LogP contribution in [-0.2, 0) is 16.6 Å². The third-order valence-electron chi connectivity index (χ3n) is 4.83. The van der Waals surface area contributed by atoms with Crippen molar-refractivity contribution in [3.63, 3.8) is 0 Å². The Morgan fingerprint density at radius 3 is 2.46 bits per heavy atom. The lowest BCUT2D eigenvalue weighted by Gasteiger charge is -2.33. The Hall–Kier alpha value is -1.93. The van der Waals surface area contributed by atoms with E-state index in [-0.39, 0.29) is 5.91 Å². The molecule has 2 aromatic carbocycles. The molecule has 1 N–H and O–H groups in total. The number of anilines is 1. The molecule has 1 amide bonds. The summed E-state index contributed by atoms with van der Waals surface area (Å²) in [6.45, 7) is 4.91. The lowest BCUT2D eigenvalue weighted by Crippen LogP contribution is -2.47. The minimum absolute atomic E-state index is 0.172. The summed E-state index contributed by atoms with van der Waals surface area (Å²) < 4.78 is 24.7. The van der Waals surface area contributed by atoms with Crippen LogP contribution >= 0.6 is 11.6 Å². The fourth-order valence-corrected chi connectivity index (χ4v) is 4.30. The Kier molecular flexibility index (Phi) is 6.40. The molecule has 2 aromatic rings. The molecule has 0 spiro atoms. The monoisotopic (exact) mass is 421 g/mol. The second kappa shape index (κ2) is 8.61. The molecule has 3 rings (SSSR count). The van der Waals surface area contributed by atoms with E-state index >= 15 is 0 Å². The number of rotatable bonds is 5. The summed E-state index contributed by atoms with van der Waals surface area (Å²) in [4.78, 5) is 14.8. The highest BCUT2D eigenvalue weighted by atomic mass is 35.5. The number of nitrogens with zero attached hydrogens (tertiary/aromatic N) is 2. The third-order valence-corrected chi connectivity index (χ3v) is 6.37. The molecular weight excluding hydrogens is 398 g/mol. The first kappa shape index (κ1) is 20.8. The molecule has 6 nitrogen and oxygen atoms in total. The highest BCUT2D eigenvalue weighted by Gasteiger charge is 2.23. The van der Waals surface area contributed by atoms with Crippen molar-refractivity contribution in [2.45, 2.75) is 13.5 Å². The van der Waals surface area contributed by atoms with Gasteiger partial charge in [-0.25, -0.2) is 8.42 Å². The fraction of sp³-hybridized carbons (Fsp3) is 0.350. The Bertz CT molecular complexity index is 970. The Morgan fingerprint density at radius 2 is 1.82 bits per heavy atom. The van der Waals surface area contributed by atoms with E-state index < -0.39 is 10.0 Å². The first-order valence-electron chi connectivity index (χ1n) is 9.06. The van der Waals surface area contributed by atoms with E-state index in [1.54, 1.807) is 18.2 Å². The Morgan fingerprint density at radius 1 is 1.11 bits per heavy atom. The number of hydrogen-bond donors (Lipinski definition) is 1. The van der Waals surface area contributed by atoms with Gasteiger partial charge in [-0.05, 0) is 48.4 Å². The number of nitrogens with one attached hydrogen (secondary N) is 1. The number of halogens is 1. The maximum absolute atomic E-state index is 12.6. The van der Waals surface area contributed by atoms with E-state index in [0.29, 0.717) is 43.3 Å². The van der Waals surface area contributed by atoms with Crippen LogP contribution < -0.4 is 5.32 Å². The maximum Gasteiger partial charge on any atom is 0.255 e. The van der Waals surface area contributed by atoms with Crippen LogP contribution in [0, 0.1) is 6.92 Å². The van der Waals surface area contributed by atoms with Crippen LogP contribution in [-0.4, -0.2) is 56.0 Å². The van der Waals surface area contributed by atoms with E-state index in [9.17, 15) is 13.2 Å². The molecule has 28 heavy (non-hydrogen) atoms. The number of amides is 1. The summed E-state index contributed by atoms with van der Waals surface area (Å²) in [5.74, 6) is -0.172. The molecular formula is C20H24ClN3O3S. The van der Waals surface area contributed by atoms with Gasteiger partial charge in [-0.15, -0.1) is 0 Å². The zero-order valence-corrected chi connectivity index (χ0v) is 17.6. The molecule has 0 atom stereocenters. The van der Waals surface area contributed by atoms with Gasteiger partial charge in [-0.1, -0.05) is 23.7 Å². The molecule has 150 valence electrons. The standard InChI is InChI=1S/C20H24ClN3O3S/c1-15-12-18(21)6-7-19(15)22-20(25)17-5-3-4-16(13-17)14-23-8-10-24(11-9-23)28(2,26)27/h3-7,12-13H,8-11,14H2,1-2H3,(H,22,25). The van der Waals surface area contributed by atoms with Crippen molar-refractivity contribution in [3.8, 4) is 0 Å². The van der Waals surface area contributed by atoms with E-state index in [4.69, 9.17) is 11.6 Å². The summed E-state index contributed by atoms with van der Waals surface area (Å²) in [6.07, 6.45) is 1.24. The van der Waals surface area contributed by atoms with Crippen LogP contribution in [0.2, 0.25) is 5.02 Å². The molecule has 1 fully saturated rings. The van der Waals surface area contributed by atoms with Crippen molar-refractivity contribution in [1.29, 1.82) is 0 Å². The predicted molar refractivity (Wildman–Crippen MR) is 112 cm³/mol. The van der Waals surface area contributed by atoms with Crippen molar-refractivity contribution >= 4 is 33.2 Å². The SMILES string of the molecule is Cc1cc(Cl)ccc1NC(=O)c1cccc(CN2CCN(S(C)(=O)=O)CC2)c1. The average molecular weight is 422 g/mol. The van der Waals surface area contributed by atoms with Gasteiger partial charge in [0.2, 0.25) is 10.0 Å². The zero-order chi connectivity index (χ0) is 20.3. The van der Waals surface area contributed by atoms with E-state index in [1.165, 1.54) is 10.6 Å². The van der Waals surface area contributed by atoms with Crippen LogP contribution in [0.1, 0.15) is 21.5 Å². The number of benzene rings is 2. The van der Waals surface area contributed by atoms with Gasteiger partial charge in [-0.2, -0.15) is 4.31 Å². The smallest absolute Gasteiger partial charge is 0.255 e. The largest absolute Gasteiger partial charge is 0.322 e. The summed E-state index contributed by atoms with van der Waals surface area (Å²) in [6, 6.07) is 12.9. The van der Waals surface area contributed by atoms with Gasteiger partial charge in [0.05, 0.1) is 6.26 Å². The lowest BCUT2D eigenvalue weighted by atomic mass is 10.1. The summed E-state index contributed by atoms with van der Waals surface area (Å²) >= 11 is 5.96. The second-order valence-electron chi connectivity index (χ2n) is 7.05. The fourth-order valence-electron chi connectivity index (χ4n) is 3.25. The van der Waals surface area contributed by atoms with Crippen LogP contribution in [0.4, 0.5) is 5.69 Å². The van der Waals surface area contributed by atoms with Gasteiger partial charge in [-0.3, -0.25) is 9.69 Å². The maximum atomic E-state index is 12.6. The summed E-state index contributed by atoms with van der Waals surface area (Å²) in [5.41, 5.74) is 3.24. The minimum atomic E-state index is -3.13. The van der Waals surface area contributed by atoms with Gasteiger partial charge in [0.15, 0.2) is 0 Å². The van der Waals surface area contributed by atoms with Crippen molar-refractivity contribution in [3.05, 3.63) is 64.2 Å². The second-order valence-corrected chi connectivity index (χ2v) is 9.47. The number of hydrogen-bond acceptors (Lipinski definition) is 4. The summed E-state index contributed by atoms with van der Waals surface area (Å²) in [7, 11) is -3.13. The number of carbonyl (C=O) groups excluding carboxylic acids is 1. The van der Waals surface area contributed by atoms with Crippen LogP contribution in [0.15, 0.2) is 42.5 Å². The molecule has 0 aliphatic carbocycles. The molecule has 0 bridgehead atoms. The van der Waals surface area contributed by atoms with E-state index in [0.717, 1.165) is 16.8 Å². The topological polar surface area (TPSA) is 69.7 Å². The van der Waals surface area contributed by atoms with E-state index in [1.807, 2.05) is 31.2 Å². The normalized spacial score (nSPS) is 16.1. The van der Waals surface area contributed by atoms with Gasteiger partial charge in [0.1, 0.15) is 0 Å². The summed E-state index contributed by atoms with van der Waals surface area (Å²) in [5, 5.41) is 3.56. The molecule has 1 aliphatic heterocycles. The zero-order valence-electron chi connectivity index (χ0n) is 16.0. The van der Waals surface area contributed by atoms with Crippen LogP contribution in [0.5, 0.6) is 0 Å². The highest BCUT2D eigenvalue weighted by Crippen LogP contribution is 2.20. The number of aryl methyl sites for hydroxylation is 1. The lowest BCUT2D eigenvalue weighted by molar-refractivity contribution is 0.102. The first-order chi connectivity index (χ1) is 13.2. The van der Waals surface area contributed by atoms with Crippen molar-refractivity contribution in [2.24, 2.45) is 0 Å². The quantitative estimate of drug-likeness (QED) is 0.805. The number of carbonyl (C=O) groups is 1. The van der Waals surface area contributed by atoms with Crippen molar-refractivity contribution < 1.29 is 13.2 Å². The Balaban J connectivity index is 1.63. The van der Waals surface area contributed by atoms with Gasteiger partial charge < -0.3 is 5.32 Å². The minimum Gasteiger partial charge on any atom is -0.322 e. The molecule has 0 aromatic heterocycles. The van der Waals surface area contributed by atoms with Crippen LogP contribution in [0.25, 0.3) is 0 Å². The molecule has 0 unspecified atom stereocenters. The average Bonchev–Trinajstić information content (AvgIpc) is 2.64. The third kappa shape index (κ3) is 5.32. The molecule has 1 saturated heterocycles. The Labute approximate surface area is 171 Å². The highest BCUT2D eigenvalue weighted by molar-refractivity contribution is 7.88. The number of piperazine rings is 1. The van der Waals surface area contributed by atoms with Crippen molar-refractivity contribution in [2.75, 3.05) is 37.8 Å². The van der Waals surface area contributed by atoms with Gasteiger partial charge in [0.25, 0.3) is 5.91 Å². The van der Waals surface area contributed by atoms with Crippen LogP contribution in [0.3, 0.4) is 0 Å². The molecule has 8 heteroatoms. The first-order valence-corrected chi connectivity index (χ1v) is 11.3.